The van der Waals surface area contributed by atoms with Crippen molar-refractivity contribution in [3.8, 4) is 5.75 Å². The highest BCUT2D eigenvalue weighted by molar-refractivity contribution is 5.78. The molecule has 25 heavy (non-hydrogen) atoms. The van der Waals surface area contributed by atoms with Crippen LogP contribution >= 0.6 is 0 Å². The highest BCUT2D eigenvalue weighted by Crippen LogP contribution is 2.11. The second-order valence-corrected chi connectivity index (χ2v) is 4.40. The Balaban J connectivity index is 0.00000101. The van der Waals surface area contributed by atoms with Gasteiger partial charge in [-0.1, -0.05) is 24.8 Å². The summed E-state index contributed by atoms with van der Waals surface area (Å²) in [5, 5.41) is 25.2. The summed E-state index contributed by atoms with van der Waals surface area (Å²) in [6, 6.07) is 9.16. The van der Waals surface area contributed by atoms with E-state index >= 15 is 0 Å². The summed E-state index contributed by atoms with van der Waals surface area (Å²) in [4.78, 5) is 9.25. The molecule has 8 heteroatoms. The van der Waals surface area contributed by atoms with Gasteiger partial charge >= 0.3 is 5.97 Å². The summed E-state index contributed by atoms with van der Waals surface area (Å²) in [5.41, 5.74) is 0. The van der Waals surface area contributed by atoms with Crippen LogP contribution in [0.2, 0.25) is 0 Å². The third-order valence-electron chi connectivity index (χ3n) is 2.47. The number of carbonyl (C=O) groups is 1. The normalized spacial score (nSPS) is 11.1. The number of ether oxygens (including phenoxy) is 4. The van der Waals surface area contributed by atoms with Gasteiger partial charge in [0.05, 0.1) is 39.6 Å². The molecule has 0 saturated heterocycles. The number of rotatable bonds is 13. The van der Waals surface area contributed by atoms with Gasteiger partial charge in [0.15, 0.2) is 0 Å². The van der Waals surface area contributed by atoms with Crippen LogP contribution in [0.5, 0.6) is 5.75 Å². The molecule has 0 aromatic heterocycles. The van der Waals surface area contributed by atoms with Crippen LogP contribution in [0, 0.1) is 0 Å². The van der Waals surface area contributed by atoms with Crippen LogP contribution in [-0.2, 0) is 19.0 Å². The number of benzene rings is 1. The highest BCUT2D eigenvalue weighted by atomic mass is 16.7. The third-order valence-corrected chi connectivity index (χ3v) is 2.47. The maximum absolute atomic E-state index is 9.25. The van der Waals surface area contributed by atoms with Crippen molar-refractivity contribution in [3.05, 3.63) is 43.0 Å². The van der Waals surface area contributed by atoms with Gasteiger partial charge in [-0.05, 0) is 12.1 Å². The molecule has 0 radical (unpaired) electrons. The van der Waals surface area contributed by atoms with Gasteiger partial charge in [0.1, 0.15) is 12.4 Å². The lowest BCUT2D eigenvalue weighted by Crippen LogP contribution is -2.26. The van der Waals surface area contributed by atoms with Crippen LogP contribution in [0.15, 0.2) is 43.0 Å². The molecular weight excluding hydrogens is 332 g/mol. The van der Waals surface area contributed by atoms with Crippen LogP contribution in [0.4, 0.5) is 0 Å². The van der Waals surface area contributed by atoms with E-state index in [2.05, 4.69) is 6.58 Å². The first-order valence-electron chi connectivity index (χ1n) is 7.69. The first-order valence-corrected chi connectivity index (χ1v) is 7.69. The molecule has 1 aromatic rings. The second kappa shape index (κ2) is 16.9. The topological polar surface area (TPSA) is 115 Å². The summed E-state index contributed by atoms with van der Waals surface area (Å²) in [5.74, 6) is -0.338. The molecule has 0 amide bonds. The van der Waals surface area contributed by atoms with Gasteiger partial charge in [-0.3, -0.25) is 0 Å². The monoisotopic (exact) mass is 358 g/mol. The SMILES string of the molecule is C=CC(=O)O.OCCOCCOCCOC(CO)Oc1ccccc1. The standard InChI is InChI=1S/C14H22O6.C3H4O2/c15-6-7-17-8-9-18-10-11-19-14(12-16)20-13-4-2-1-3-5-13;1-2-3(4)5/h1-5,14-16H,6-12H2;2H,1H2,(H,4,5). The number of aliphatic hydroxyl groups excluding tert-OH is 2. The molecular formula is C17H26O8. The maximum Gasteiger partial charge on any atom is 0.327 e. The predicted molar refractivity (Wildman–Crippen MR) is 90.5 cm³/mol. The average molecular weight is 358 g/mol. The van der Waals surface area contributed by atoms with Crippen LogP contribution in [0.1, 0.15) is 0 Å². The number of hydrogen-bond donors (Lipinski definition) is 3. The zero-order chi connectivity index (χ0) is 18.8. The molecule has 1 atom stereocenters. The van der Waals surface area contributed by atoms with E-state index in [1.165, 1.54) is 0 Å². The Morgan fingerprint density at radius 2 is 1.60 bits per heavy atom. The van der Waals surface area contributed by atoms with Crippen molar-refractivity contribution in [1.29, 1.82) is 0 Å². The first-order chi connectivity index (χ1) is 12.1. The van der Waals surface area contributed by atoms with E-state index in [4.69, 9.17) is 34.3 Å². The Morgan fingerprint density at radius 1 is 1.04 bits per heavy atom. The van der Waals surface area contributed by atoms with Crippen molar-refractivity contribution in [3.63, 3.8) is 0 Å². The molecule has 0 fully saturated rings. The predicted octanol–water partition coefficient (Wildman–Crippen LogP) is 0.683. The zero-order valence-electron chi connectivity index (χ0n) is 14.1. The number of aliphatic hydroxyl groups is 2. The van der Waals surface area contributed by atoms with Crippen LogP contribution in [0.25, 0.3) is 0 Å². The minimum atomic E-state index is -0.981. The fourth-order valence-electron chi connectivity index (χ4n) is 1.40. The molecule has 1 rings (SSSR count). The number of carboxylic acids is 1. The van der Waals surface area contributed by atoms with Crippen molar-refractivity contribution in [1.82, 2.24) is 0 Å². The molecule has 1 aromatic carbocycles. The Morgan fingerprint density at radius 3 is 2.12 bits per heavy atom. The molecule has 0 spiro atoms. The van der Waals surface area contributed by atoms with E-state index in [0.29, 0.717) is 38.8 Å². The van der Waals surface area contributed by atoms with Gasteiger partial charge < -0.3 is 34.3 Å². The summed E-state index contributed by atoms with van der Waals surface area (Å²) in [6.45, 7) is 4.64. The van der Waals surface area contributed by atoms with Crippen molar-refractivity contribution in [2.45, 2.75) is 6.29 Å². The average Bonchev–Trinajstić information content (AvgIpc) is 2.64. The van der Waals surface area contributed by atoms with E-state index in [0.717, 1.165) is 6.08 Å². The van der Waals surface area contributed by atoms with Gasteiger partial charge in [0, 0.05) is 6.08 Å². The van der Waals surface area contributed by atoms with Crippen molar-refractivity contribution >= 4 is 5.97 Å². The van der Waals surface area contributed by atoms with Gasteiger partial charge in [0.25, 0.3) is 0 Å². The lowest BCUT2D eigenvalue weighted by Gasteiger charge is -2.17. The summed E-state index contributed by atoms with van der Waals surface area (Å²) < 4.78 is 21.1. The lowest BCUT2D eigenvalue weighted by molar-refractivity contribution is -0.131. The number of aliphatic carboxylic acids is 1. The van der Waals surface area contributed by atoms with Gasteiger partial charge in [-0.25, -0.2) is 4.79 Å². The molecule has 0 bridgehead atoms. The number of para-hydroxylation sites is 1. The van der Waals surface area contributed by atoms with E-state index in [1.807, 2.05) is 18.2 Å². The molecule has 0 saturated carbocycles. The van der Waals surface area contributed by atoms with Crippen molar-refractivity contribution < 1.29 is 39.1 Å². The molecule has 0 aliphatic carbocycles. The Labute approximate surface area is 147 Å². The van der Waals surface area contributed by atoms with Crippen molar-refractivity contribution in [2.75, 3.05) is 46.2 Å². The smallest absolute Gasteiger partial charge is 0.327 e. The zero-order valence-corrected chi connectivity index (χ0v) is 14.1. The van der Waals surface area contributed by atoms with Gasteiger partial charge in [-0.2, -0.15) is 0 Å². The Hall–Kier alpha value is -1.97. The molecule has 142 valence electrons. The van der Waals surface area contributed by atoms with Gasteiger partial charge in [0.2, 0.25) is 6.29 Å². The number of carboxylic acid groups (broad SMARTS) is 1. The van der Waals surface area contributed by atoms with Crippen LogP contribution < -0.4 is 4.74 Å². The Kier molecular flexibility index (Phi) is 15.5. The Bertz CT molecular complexity index is 438. The van der Waals surface area contributed by atoms with E-state index in [1.54, 1.807) is 12.1 Å². The summed E-state index contributed by atoms with van der Waals surface area (Å²) in [6.07, 6.45) is 0.131. The second-order valence-electron chi connectivity index (χ2n) is 4.40. The first kappa shape index (κ1) is 23.0. The van der Waals surface area contributed by atoms with Crippen LogP contribution in [-0.4, -0.2) is 73.8 Å². The highest BCUT2D eigenvalue weighted by Gasteiger charge is 2.08. The minimum Gasteiger partial charge on any atom is -0.478 e. The van der Waals surface area contributed by atoms with E-state index in [-0.39, 0.29) is 13.2 Å². The lowest BCUT2D eigenvalue weighted by atomic mass is 10.3. The quantitative estimate of drug-likeness (QED) is 0.268. The largest absolute Gasteiger partial charge is 0.478 e. The molecule has 1 unspecified atom stereocenters. The molecule has 8 nitrogen and oxygen atoms in total. The molecule has 0 heterocycles. The molecule has 3 N–H and O–H groups in total. The fraction of sp³-hybridized carbons (Fsp3) is 0.471. The van der Waals surface area contributed by atoms with Crippen molar-refractivity contribution in [2.24, 2.45) is 0 Å². The maximum atomic E-state index is 9.25. The fourth-order valence-corrected chi connectivity index (χ4v) is 1.40. The molecule has 0 aliphatic rings. The molecule has 0 aliphatic heterocycles. The van der Waals surface area contributed by atoms with E-state index < -0.39 is 12.3 Å². The third kappa shape index (κ3) is 15.3. The van der Waals surface area contributed by atoms with E-state index in [9.17, 15) is 4.79 Å². The summed E-state index contributed by atoms with van der Waals surface area (Å²) in [7, 11) is 0. The minimum absolute atomic E-state index is 0.0120. The van der Waals surface area contributed by atoms with Gasteiger partial charge in [-0.15, -0.1) is 0 Å². The van der Waals surface area contributed by atoms with Crippen LogP contribution in [0.3, 0.4) is 0 Å². The summed E-state index contributed by atoms with van der Waals surface area (Å²) >= 11 is 0. The number of hydrogen-bond acceptors (Lipinski definition) is 7.